The van der Waals surface area contributed by atoms with Crippen molar-refractivity contribution in [2.24, 2.45) is 5.92 Å². The summed E-state index contributed by atoms with van der Waals surface area (Å²) in [6.45, 7) is 1.83. The maximum atomic E-state index is 13.4. The van der Waals surface area contributed by atoms with Crippen molar-refractivity contribution in [1.29, 1.82) is 0 Å². The van der Waals surface area contributed by atoms with Gasteiger partial charge in [-0.05, 0) is 30.7 Å². The number of nitro groups is 1. The van der Waals surface area contributed by atoms with Crippen LogP contribution in [0.3, 0.4) is 0 Å². The first kappa shape index (κ1) is 20.7. The number of nitrogens with one attached hydrogen (secondary N) is 1. The molecule has 9 nitrogen and oxygen atoms in total. The van der Waals surface area contributed by atoms with E-state index in [1.165, 1.54) is 29.2 Å². The lowest BCUT2D eigenvalue weighted by Crippen LogP contribution is -2.57. The summed E-state index contributed by atoms with van der Waals surface area (Å²) in [5.41, 5.74) is 4.04. The van der Waals surface area contributed by atoms with E-state index in [2.05, 4.69) is 5.43 Å². The number of benzene rings is 2. The molecule has 2 aromatic carbocycles. The Bertz CT molecular complexity index is 1020. The second kappa shape index (κ2) is 8.29. The van der Waals surface area contributed by atoms with Crippen LogP contribution in [0.5, 0.6) is 0 Å². The van der Waals surface area contributed by atoms with Crippen LogP contribution in [-0.4, -0.2) is 45.0 Å². The SMILES string of the molecule is CC[C@@H](O)[C@H]1C=C[C@H]2C(=O)N(c3ccccc3)C(=O)[C@H]2N1Nc1ccc([N+](=O)[O-])cc1. The van der Waals surface area contributed by atoms with Crippen LogP contribution in [-0.2, 0) is 9.59 Å². The third kappa shape index (κ3) is 3.69. The lowest BCUT2D eigenvalue weighted by Gasteiger charge is -2.40. The fourth-order valence-corrected chi connectivity index (χ4v) is 4.01. The van der Waals surface area contributed by atoms with Gasteiger partial charge >= 0.3 is 0 Å². The molecule has 4 atom stereocenters. The number of nitro benzene ring substituents is 1. The fraction of sp³-hybridized carbons (Fsp3) is 0.273. The minimum Gasteiger partial charge on any atom is -0.391 e. The van der Waals surface area contributed by atoms with Gasteiger partial charge < -0.3 is 10.5 Å². The number of fused-ring (bicyclic) bond motifs is 1. The van der Waals surface area contributed by atoms with E-state index < -0.39 is 34.9 Å². The zero-order chi connectivity index (χ0) is 22.1. The molecule has 0 radical (unpaired) electrons. The Morgan fingerprint density at radius 3 is 2.35 bits per heavy atom. The van der Waals surface area contributed by atoms with Crippen molar-refractivity contribution in [3.05, 3.63) is 76.9 Å². The molecule has 0 unspecified atom stereocenters. The molecule has 0 spiro atoms. The number of carbonyl (C=O) groups is 2. The second-order valence-corrected chi connectivity index (χ2v) is 7.49. The van der Waals surface area contributed by atoms with Crippen molar-refractivity contribution in [3.63, 3.8) is 0 Å². The normalized spacial score (nSPS) is 24.2. The van der Waals surface area contributed by atoms with Gasteiger partial charge in [0.25, 0.3) is 11.6 Å². The number of rotatable bonds is 6. The van der Waals surface area contributed by atoms with Crippen LogP contribution in [0.1, 0.15) is 13.3 Å². The van der Waals surface area contributed by atoms with Gasteiger partial charge in [-0.3, -0.25) is 19.7 Å². The minimum absolute atomic E-state index is 0.0607. The average Bonchev–Trinajstić information content (AvgIpc) is 3.04. The molecule has 2 amide bonds. The number of para-hydroxylation sites is 1. The molecule has 0 saturated carbocycles. The molecule has 160 valence electrons. The molecule has 1 fully saturated rings. The Kier molecular flexibility index (Phi) is 5.53. The van der Waals surface area contributed by atoms with Crippen LogP contribution < -0.4 is 10.3 Å². The fourth-order valence-electron chi connectivity index (χ4n) is 4.01. The summed E-state index contributed by atoms with van der Waals surface area (Å²) in [6.07, 6.45) is 3.07. The minimum atomic E-state index is -0.862. The Hall–Kier alpha value is -3.56. The third-order valence-corrected chi connectivity index (χ3v) is 5.62. The lowest BCUT2D eigenvalue weighted by molar-refractivity contribution is -0.384. The van der Waals surface area contributed by atoms with Gasteiger partial charge in [0.2, 0.25) is 5.91 Å². The molecule has 0 aliphatic carbocycles. The van der Waals surface area contributed by atoms with E-state index in [1.54, 1.807) is 47.5 Å². The zero-order valence-corrected chi connectivity index (χ0v) is 16.8. The van der Waals surface area contributed by atoms with Crippen LogP contribution in [0.15, 0.2) is 66.7 Å². The number of aliphatic hydroxyl groups is 1. The molecule has 9 heteroatoms. The molecule has 2 aliphatic rings. The molecular formula is C22H22N4O5. The zero-order valence-electron chi connectivity index (χ0n) is 16.8. The molecule has 4 rings (SSSR count). The summed E-state index contributed by atoms with van der Waals surface area (Å²) in [5, 5.41) is 23.1. The number of hydrogen-bond donors (Lipinski definition) is 2. The van der Waals surface area contributed by atoms with E-state index in [0.29, 0.717) is 17.8 Å². The number of anilines is 2. The van der Waals surface area contributed by atoms with E-state index in [-0.39, 0.29) is 11.6 Å². The number of carbonyl (C=O) groups excluding carboxylic acids is 2. The van der Waals surface area contributed by atoms with Crippen molar-refractivity contribution in [1.82, 2.24) is 5.01 Å². The summed E-state index contributed by atoms with van der Waals surface area (Å²) in [4.78, 5) is 38.0. The predicted molar refractivity (Wildman–Crippen MR) is 114 cm³/mol. The first-order valence-corrected chi connectivity index (χ1v) is 10.0. The molecule has 2 heterocycles. The van der Waals surface area contributed by atoms with Gasteiger partial charge in [0, 0.05) is 17.8 Å². The van der Waals surface area contributed by atoms with Crippen LogP contribution in [0, 0.1) is 16.0 Å². The van der Waals surface area contributed by atoms with Crippen molar-refractivity contribution in [2.45, 2.75) is 31.5 Å². The number of hydrogen-bond acceptors (Lipinski definition) is 7. The summed E-state index contributed by atoms with van der Waals surface area (Å²) >= 11 is 0. The highest BCUT2D eigenvalue weighted by Gasteiger charge is 2.53. The van der Waals surface area contributed by atoms with Gasteiger partial charge in [-0.25, -0.2) is 9.91 Å². The highest BCUT2D eigenvalue weighted by molar-refractivity contribution is 6.24. The van der Waals surface area contributed by atoms with Gasteiger partial charge in [-0.2, -0.15) is 0 Å². The van der Waals surface area contributed by atoms with E-state index in [9.17, 15) is 24.8 Å². The summed E-state index contributed by atoms with van der Waals surface area (Å²) in [6, 6.07) is 13.0. The molecular weight excluding hydrogens is 400 g/mol. The van der Waals surface area contributed by atoms with Gasteiger partial charge in [0.15, 0.2) is 0 Å². The van der Waals surface area contributed by atoms with E-state index in [1.807, 2.05) is 6.92 Å². The van der Waals surface area contributed by atoms with E-state index >= 15 is 0 Å². The van der Waals surface area contributed by atoms with Crippen LogP contribution in [0.4, 0.5) is 17.1 Å². The Morgan fingerprint density at radius 2 is 1.74 bits per heavy atom. The average molecular weight is 422 g/mol. The topological polar surface area (TPSA) is 116 Å². The van der Waals surface area contributed by atoms with Crippen LogP contribution in [0.2, 0.25) is 0 Å². The first-order valence-electron chi connectivity index (χ1n) is 10.0. The van der Waals surface area contributed by atoms with Gasteiger partial charge in [0.05, 0.1) is 28.7 Å². The van der Waals surface area contributed by atoms with Crippen molar-refractivity contribution in [3.8, 4) is 0 Å². The highest BCUT2D eigenvalue weighted by Crippen LogP contribution is 2.36. The second-order valence-electron chi connectivity index (χ2n) is 7.49. The maximum absolute atomic E-state index is 13.4. The number of imide groups is 1. The Balaban J connectivity index is 1.69. The highest BCUT2D eigenvalue weighted by atomic mass is 16.6. The quantitative estimate of drug-likeness (QED) is 0.318. The third-order valence-electron chi connectivity index (χ3n) is 5.62. The molecule has 2 aliphatic heterocycles. The Labute approximate surface area is 178 Å². The standard InChI is InChI=1S/C22H22N4O5/c1-2-19(27)18-13-12-17-20(22(29)24(21(17)28)15-6-4-3-5-7-15)25(18)23-14-8-10-16(11-9-14)26(30)31/h3-13,17-20,23,27H,2H2,1H3/t17-,18-,19-,20+/m1/s1. The number of nitrogens with zero attached hydrogens (tertiary/aromatic N) is 3. The van der Waals surface area contributed by atoms with E-state index in [4.69, 9.17) is 0 Å². The Morgan fingerprint density at radius 1 is 1.06 bits per heavy atom. The number of aliphatic hydroxyl groups excluding tert-OH is 1. The van der Waals surface area contributed by atoms with Gasteiger partial charge in [-0.15, -0.1) is 0 Å². The molecule has 0 aromatic heterocycles. The monoisotopic (exact) mass is 422 g/mol. The lowest BCUT2D eigenvalue weighted by atomic mass is 9.92. The molecule has 1 saturated heterocycles. The van der Waals surface area contributed by atoms with Crippen molar-refractivity contribution < 1.29 is 19.6 Å². The van der Waals surface area contributed by atoms with E-state index in [0.717, 1.165) is 0 Å². The first-order chi connectivity index (χ1) is 14.9. The summed E-state index contributed by atoms with van der Waals surface area (Å²) < 4.78 is 0. The molecule has 0 bridgehead atoms. The summed E-state index contributed by atoms with van der Waals surface area (Å²) in [5.74, 6) is -1.44. The molecule has 31 heavy (non-hydrogen) atoms. The summed E-state index contributed by atoms with van der Waals surface area (Å²) in [7, 11) is 0. The molecule has 2 aromatic rings. The van der Waals surface area contributed by atoms with Gasteiger partial charge in [-0.1, -0.05) is 37.3 Å². The van der Waals surface area contributed by atoms with Gasteiger partial charge in [0.1, 0.15) is 6.04 Å². The smallest absolute Gasteiger partial charge is 0.269 e. The number of amides is 2. The van der Waals surface area contributed by atoms with Crippen molar-refractivity contribution in [2.75, 3.05) is 10.3 Å². The molecule has 2 N–H and O–H groups in total. The maximum Gasteiger partial charge on any atom is 0.269 e. The largest absolute Gasteiger partial charge is 0.391 e. The number of non-ortho nitro benzene ring substituents is 1. The van der Waals surface area contributed by atoms with Crippen LogP contribution >= 0.6 is 0 Å². The number of hydrazine groups is 1. The van der Waals surface area contributed by atoms with Crippen LogP contribution in [0.25, 0.3) is 0 Å². The van der Waals surface area contributed by atoms with Crippen molar-refractivity contribution >= 4 is 28.9 Å². The predicted octanol–water partition coefficient (Wildman–Crippen LogP) is 2.49.